The highest BCUT2D eigenvalue weighted by Crippen LogP contribution is 2.48. The van der Waals surface area contributed by atoms with Crippen molar-refractivity contribution in [2.45, 2.75) is 81.8 Å². The van der Waals surface area contributed by atoms with Crippen molar-refractivity contribution < 1.29 is 24.2 Å². The molecule has 2 fully saturated rings. The summed E-state index contributed by atoms with van der Waals surface area (Å²) in [6, 6.07) is 7.34. The number of benzene rings is 1. The molecule has 14 heteroatoms. The summed E-state index contributed by atoms with van der Waals surface area (Å²) in [5.41, 5.74) is 10.4. The number of nitrogens with one attached hydrogen (secondary N) is 1. The number of carbonyl (C=O) groups is 2. The molecule has 3 aromatic heterocycles. The van der Waals surface area contributed by atoms with E-state index in [0.29, 0.717) is 34.4 Å². The number of carboxylic acid groups (broad SMARTS) is 1. The average Bonchev–Trinajstić information content (AvgIpc) is 3.70. The van der Waals surface area contributed by atoms with Gasteiger partial charge >= 0.3 is 11.7 Å². The van der Waals surface area contributed by atoms with Crippen LogP contribution < -0.4 is 27.4 Å². The third-order valence-corrected chi connectivity index (χ3v) is 11.6. The average molecular weight is 653 g/mol. The number of para-hydroxylation sites is 1. The van der Waals surface area contributed by atoms with Crippen molar-refractivity contribution in [2.75, 3.05) is 7.11 Å². The fourth-order valence-corrected chi connectivity index (χ4v) is 9.00. The quantitative estimate of drug-likeness (QED) is 0.210. The smallest absolute Gasteiger partial charge is 0.331 e. The van der Waals surface area contributed by atoms with Crippen LogP contribution in [0.25, 0.3) is 20.1 Å². The summed E-state index contributed by atoms with van der Waals surface area (Å²) in [4.78, 5) is 44.9. The molecule has 2 aliphatic carbocycles. The number of ether oxygens (including phenoxy) is 2. The molecule has 45 heavy (non-hydrogen) atoms. The number of Topliss-reactive ketones (excluding diaryl/α,β-unsaturated/α-hetero) is 1. The second-order valence-corrected chi connectivity index (χ2v) is 14.5. The van der Waals surface area contributed by atoms with Gasteiger partial charge in [0.1, 0.15) is 38.5 Å². The van der Waals surface area contributed by atoms with E-state index in [1.165, 1.54) is 41.1 Å². The predicted molar refractivity (Wildman–Crippen MR) is 171 cm³/mol. The van der Waals surface area contributed by atoms with Gasteiger partial charge < -0.3 is 26.0 Å². The topological polar surface area (TPSA) is 189 Å². The molecule has 1 aromatic carbocycles. The number of rotatable bonds is 9. The van der Waals surface area contributed by atoms with Crippen LogP contribution in [-0.4, -0.2) is 55.3 Å². The van der Waals surface area contributed by atoms with E-state index in [2.05, 4.69) is 4.98 Å². The molecule has 4 aromatic rings. The molecular weight excluding hydrogens is 617 g/mol. The Bertz CT molecular complexity index is 1920. The Hall–Kier alpha value is -3.69. The van der Waals surface area contributed by atoms with Crippen LogP contribution in [0.5, 0.6) is 5.75 Å². The number of hydrogen-bond donors (Lipinski definition) is 4. The van der Waals surface area contributed by atoms with E-state index >= 15 is 0 Å². The van der Waals surface area contributed by atoms with Gasteiger partial charge in [-0.05, 0) is 45.2 Å². The van der Waals surface area contributed by atoms with Crippen LogP contribution in [0.1, 0.15) is 56.8 Å². The number of carbonyl (C=O) groups excluding carboxylic acids is 1. The lowest BCUT2D eigenvalue weighted by Gasteiger charge is -2.32. The van der Waals surface area contributed by atoms with Crippen molar-refractivity contribution in [2.24, 2.45) is 11.5 Å². The van der Waals surface area contributed by atoms with Crippen molar-refractivity contribution in [3.63, 3.8) is 0 Å². The zero-order valence-electron chi connectivity index (χ0n) is 25.5. The van der Waals surface area contributed by atoms with Crippen LogP contribution >= 0.6 is 22.7 Å². The van der Waals surface area contributed by atoms with Gasteiger partial charge in [-0.25, -0.2) is 14.6 Å². The number of hydrogen-bond acceptors (Lipinski definition) is 11. The van der Waals surface area contributed by atoms with Gasteiger partial charge in [0.05, 0.1) is 30.0 Å². The van der Waals surface area contributed by atoms with Crippen molar-refractivity contribution >= 4 is 44.6 Å². The van der Waals surface area contributed by atoms with Gasteiger partial charge in [0.25, 0.3) is 0 Å². The maximum absolute atomic E-state index is 14.4. The minimum absolute atomic E-state index is 0.0203. The number of nitrogens with two attached hydrogens (primary N) is 2. The lowest BCUT2D eigenvalue weighted by molar-refractivity contribution is -0.146. The van der Waals surface area contributed by atoms with Gasteiger partial charge in [-0.15, -0.1) is 22.7 Å². The first kappa shape index (κ1) is 31.3. The zero-order chi connectivity index (χ0) is 32.5. The summed E-state index contributed by atoms with van der Waals surface area (Å²) >= 11 is 2.77. The minimum atomic E-state index is -1.73. The van der Waals surface area contributed by atoms with E-state index < -0.39 is 40.5 Å². The molecule has 6 rings (SSSR count). The van der Waals surface area contributed by atoms with Gasteiger partial charge in [-0.3, -0.25) is 19.3 Å². The van der Waals surface area contributed by atoms with Gasteiger partial charge in [0.15, 0.2) is 0 Å². The molecule has 0 aliphatic heterocycles. The maximum atomic E-state index is 14.4. The standard InChI is InChI=1S/C31H36N6O6S2/c1-16-22-24(32)37(29(2,3)27(39)40)28(41)36(26(22)45-23(16)25-35-9-10-44-25)15-21(19-7-5-6-8-20(19)42-4)43-18-13-30(33)11-17(38)12-31(30,34)14-18/h5-10,18,21,32H,11-15,33-34H2,1-4H3,(H,39,40)/t18-,21?,30-,31+. The normalized spacial score (nSPS) is 23.9. The first-order valence-electron chi connectivity index (χ1n) is 14.6. The van der Waals surface area contributed by atoms with E-state index in [4.69, 9.17) is 26.4 Å². The molecular formula is C31H36N6O6S2. The summed E-state index contributed by atoms with van der Waals surface area (Å²) in [7, 11) is 1.55. The highest BCUT2D eigenvalue weighted by Gasteiger charge is 2.60. The third kappa shape index (κ3) is 4.95. The minimum Gasteiger partial charge on any atom is -0.496 e. The Labute approximate surface area is 266 Å². The van der Waals surface area contributed by atoms with Gasteiger partial charge in [-0.1, -0.05) is 18.2 Å². The molecule has 0 radical (unpaired) electrons. The lowest BCUT2D eigenvalue weighted by atomic mass is 9.85. The lowest BCUT2D eigenvalue weighted by Crippen LogP contribution is -2.58. The fraction of sp³-hybridized carbons (Fsp3) is 0.452. The second kappa shape index (κ2) is 11.0. The molecule has 2 saturated carbocycles. The third-order valence-electron chi connectivity index (χ3n) is 9.36. The summed E-state index contributed by atoms with van der Waals surface area (Å²) in [5.74, 6) is -0.659. The largest absolute Gasteiger partial charge is 0.496 e. The van der Waals surface area contributed by atoms with E-state index in [0.717, 1.165) is 20.0 Å². The molecule has 0 amide bonds. The highest BCUT2D eigenvalue weighted by atomic mass is 32.1. The van der Waals surface area contributed by atoms with Crippen LogP contribution in [0.2, 0.25) is 0 Å². The fourth-order valence-electron chi connectivity index (χ4n) is 6.89. The zero-order valence-corrected chi connectivity index (χ0v) is 27.1. The summed E-state index contributed by atoms with van der Waals surface area (Å²) in [6.07, 6.45) is 1.64. The molecule has 0 bridgehead atoms. The first-order valence-corrected chi connectivity index (χ1v) is 16.3. The Kier molecular flexibility index (Phi) is 7.64. The van der Waals surface area contributed by atoms with Crippen LogP contribution in [0, 0.1) is 12.3 Å². The number of fused-ring (bicyclic) bond motifs is 2. The number of aromatic nitrogens is 3. The molecule has 6 N–H and O–H groups in total. The Morgan fingerprint density at radius 3 is 2.49 bits per heavy atom. The molecule has 0 spiro atoms. The van der Waals surface area contributed by atoms with E-state index in [1.807, 2.05) is 30.5 Å². The number of aliphatic carboxylic acids is 1. The number of ketones is 1. The Morgan fingerprint density at radius 1 is 1.22 bits per heavy atom. The molecule has 1 unspecified atom stereocenters. The maximum Gasteiger partial charge on any atom is 0.331 e. The van der Waals surface area contributed by atoms with Crippen molar-refractivity contribution in [1.82, 2.24) is 14.1 Å². The van der Waals surface area contributed by atoms with Crippen molar-refractivity contribution in [1.29, 1.82) is 5.41 Å². The number of nitrogens with zero attached hydrogens (tertiary/aromatic N) is 3. The molecule has 238 valence electrons. The number of aryl methyl sites for hydroxylation is 1. The van der Waals surface area contributed by atoms with Crippen LogP contribution in [0.3, 0.4) is 0 Å². The molecule has 0 saturated heterocycles. The van der Waals surface area contributed by atoms with Gasteiger partial charge in [0.2, 0.25) is 0 Å². The van der Waals surface area contributed by atoms with Gasteiger partial charge in [0, 0.05) is 41.1 Å². The molecule has 2 aliphatic rings. The predicted octanol–water partition coefficient (Wildman–Crippen LogP) is 3.28. The SMILES string of the molecule is COc1ccccc1C(Cn1c(=O)n(C(C)(C)C(=O)O)c(=N)c2c(C)c(-c3nccs3)sc21)O[C@@H]1C[C@]2(N)CC(=O)C[C@]2(N)C1. The highest BCUT2D eigenvalue weighted by molar-refractivity contribution is 7.25. The van der Waals surface area contributed by atoms with E-state index in [9.17, 15) is 19.5 Å². The first-order chi connectivity index (χ1) is 21.2. The monoisotopic (exact) mass is 652 g/mol. The number of methoxy groups -OCH3 is 1. The van der Waals surface area contributed by atoms with Crippen LogP contribution in [0.15, 0.2) is 40.6 Å². The van der Waals surface area contributed by atoms with Gasteiger partial charge in [-0.2, -0.15) is 0 Å². The molecule has 3 heterocycles. The summed E-state index contributed by atoms with van der Waals surface area (Å²) < 4.78 is 15.0. The summed E-state index contributed by atoms with van der Waals surface area (Å²) in [5, 5.41) is 22.3. The van der Waals surface area contributed by atoms with Crippen LogP contribution in [-0.2, 0) is 26.4 Å². The van der Waals surface area contributed by atoms with Crippen molar-refractivity contribution in [3.05, 3.63) is 62.9 Å². The molecule has 4 atom stereocenters. The van der Waals surface area contributed by atoms with E-state index in [1.54, 1.807) is 19.4 Å². The summed E-state index contributed by atoms with van der Waals surface area (Å²) in [6.45, 7) is 4.65. The van der Waals surface area contributed by atoms with Crippen LogP contribution in [0.4, 0.5) is 0 Å². The van der Waals surface area contributed by atoms with Crippen molar-refractivity contribution in [3.8, 4) is 15.6 Å². The van der Waals surface area contributed by atoms with E-state index in [-0.39, 0.29) is 30.7 Å². The number of carboxylic acids is 1. The number of thiazole rings is 1. The Balaban J connectivity index is 1.54. The Morgan fingerprint density at radius 2 is 1.89 bits per heavy atom. The molecule has 12 nitrogen and oxygen atoms in total. The number of thiophene rings is 1. The second-order valence-electron chi connectivity index (χ2n) is 12.6.